The van der Waals surface area contributed by atoms with Crippen LogP contribution in [0.5, 0.6) is 5.75 Å². The summed E-state index contributed by atoms with van der Waals surface area (Å²) < 4.78 is 5.13. The fourth-order valence-corrected chi connectivity index (χ4v) is 3.19. The summed E-state index contributed by atoms with van der Waals surface area (Å²) in [6.07, 6.45) is 0. The summed E-state index contributed by atoms with van der Waals surface area (Å²) in [6, 6.07) is 15.0. The van der Waals surface area contributed by atoms with Crippen molar-refractivity contribution < 1.29 is 14.3 Å². The number of thioether (sulfide) groups is 1. The molecule has 0 aliphatic heterocycles. The molecule has 3 N–H and O–H groups in total. The molecule has 1 heterocycles. The van der Waals surface area contributed by atoms with E-state index in [1.165, 1.54) is 11.8 Å². The van der Waals surface area contributed by atoms with E-state index in [1.54, 1.807) is 7.11 Å². The van der Waals surface area contributed by atoms with Crippen molar-refractivity contribution in [2.75, 3.05) is 23.9 Å². The normalized spacial score (nSPS) is 10.5. The van der Waals surface area contributed by atoms with Gasteiger partial charge in [0.25, 0.3) is 0 Å². The molecule has 0 aliphatic rings. The number of hydrogen-bond donors (Lipinski definition) is 3. The number of aryl methyl sites for hydroxylation is 1. The molecule has 0 radical (unpaired) electrons. The van der Waals surface area contributed by atoms with E-state index in [0.29, 0.717) is 11.6 Å². The SMILES string of the molecule is COc1ccc(-c2n[nH]c(CNC(=O)CSCC(=O)Nc3ccc(C)cc3)n2)cc1. The summed E-state index contributed by atoms with van der Waals surface area (Å²) in [7, 11) is 1.61. The standard InChI is InChI=1S/C21H23N5O3S/c1-14-3-7-16(8-4-14)23-20(28)13-30-12-19(27)22-11-18-24-21(26-25-18)15-5-9-17(29-2)10-6-15/h3-10H,11-13H2,1-2H3,(H,22,27)(H,23,28)(H,24,25,26). The average molecular weight is 426 g/mol. The first-order valence-corrected chi connectivity index (χ1v) is 10.5. The van der Waals surface area contributed by atoms with Gasteiger partial charge < -0.3 is 15.4 Å². The molecule has 0 unspecified atom stereocenters. The molecule has 156 valence electrons. The maximum Gasteiger partial charge on any atom is 0.234 e. The second-order valence-corrected chi connectivity index (χ2v) is 7.50. The smallest absolute Gasteiger partial charge is 0.234 e. The number of carbonyl (C=O) groups excluding carboxylic acids is 2. The number of benzene rings is 2. The van der Waals surface area contributed by atoms with Crippen molar-refractivity contribution in [2.45, 2.75) is 13.5 Å². The van der Waals surface area contributed by atoms with Crippen LogP contribution in [0.1, 0.15) is 11.4 Å². The summed E-state index contributed by atoms with van der Waals surface area (Å²) in [5.74, 6) is 1.92. The summed E-state index contributed by atoms with van der Waals surface area (Å²) in [6.45, 7) is 2.22. The number of ether oxygens (including phenoxy) is 1. The van der Waals surface area contributed by atoms with Crippen LogP contribution in [-0.4, -0.2) is 45.6 Å². The Bertz CT molecular complexity index is 987. The zero-order valence-electron chi connectivity index (χ0n) is 16.8. The quantitative estimate of drug-likeness (QED) is 0.486. The van der Waals surface area contributed by atoms with Crippen LogP contribution in [0.25, 0.3) is 11.4 Å². The number of H-pyrrole nitrogens is 1. The van der Waals surface area contributed by atoms with Crippen LogP contribution >= 0.6 is 11.8 Å². The van der Waals surface area contributed by atoms with Gasteiger partial charge in [-0.25, -0.2) is 4.98 Å². The van der Waals surface area contributed by atoms with E-state index in [2.05, 4.69) is 25.8 Å². The number of aromatic amines is 1. The lowest BCUT2D eigenvalue weighted by Crippen LogP contribution is -2.26. The summed E-state index contributed by atoms with van der Waals surface area (Å²) in [5.41, 5.74) is 2.72. The van der Waals surface area contributed by atoms with Crippen molar-refractivity contribution in [3.05, 3.63) is 59.9 Å². The molecule has 2 aromatic carbocycles. The topological polar surface area (TPSA) is 109 Å². The molecule has 0 saturated heterocycles. The second-order valence-electron chi connectivity index (χ2n) is 6.52. The van der Waals surface area contributed by atoms with Crippen LogP contribution in [0.4, 0.5) is 5.69 Å². The molecule has 0 bridgehead atoms. The number of nitrogens with zero attached hydrogens (tertiary/aromatic N) is 2. The highest BCUT2D eigenvalue weighted by atomic mass is 32.2. The highest BCUT2D eigenvalue weighted by molar-refractivity contribution is 8.00. The molecule has 0 aliphatic carbocycles. The molecule has 8 nitrogen and oxygen atoms in total. The second kappa shape index (κ2) is 10.4. The van der Waals surface area contributed by atoms with Gasteiger partial charge in [0.15, 0.2) is 5.82 Å². The van der Waals surface area contributed by atoms with Crippen LogP contribution in [0.3, 0.4) is 0 Å². The number of methoxy groups -OCH3 is 1. The number of nitrogens with one attached hydrogen (secondary N) is 3. The fraction of sp³-hybridized carbons (Fsp3) is 0.238. The van der Waals surface area contributed by atoms with E-state index in [9.17, 15) is 9.59 Å². The Morgan fingerprint density at radius 3 is 2.43 bits per heavy atom. The number of hydrogen-bond acceptors (Lipinski definition) is 6. The zero-order chi connectivity index (χ0) is 21.3. The minimum Gasteiger partial charge on any atom is -0.497 e. The molecule has 1 aromatic heterocycles. The maximum absolute atomic E-state index is 12.0. The van der Waals surface area contributed by atoms with E-state index < -0.39 is 0 Å². The summed E-state index contributed by atoms with van der Waals surface area (Å²) in [4.78, 5) is 28.3. The van der Waals surface area contributed by atoms with Crippen LogP contribution in [0.2, 0.25) is 0 Å². The van der Waals surface area contributed by atoms with Crippen LogP contribution in [0, 0.1) is 6.92 Å². The molecule has 0 fully saturated rings. The van der Waals surface area contributed by atoms with Gasteiger partial charge >= 0.3 is 0 Å². The Morgan fingerprint density at radius 1 is 1.03 bits per heavy atom. The third kappa shape index (κ3) is 6.35. The number of carbonyl (C=O) groups is 2. The third-order valence-electron chi connectivity index (χ3n) is 4.13. The van der Waals surface area contributed by atoms with Crippen molar-refractivity contribution >= 4 is 29.3 Å². The van der Waals surface area contributed by atoms with Crippen molar-refractivity contribution in [3.8, 4) is 17.1 Å². The molecule has 3 aromatic rings. The van der Waals surface area contributed by atoms with E-state index in [4.69, 9.17) is 4.74 Å². The number of aromatic nitrogens is 3. The molecular weight excluding hydrogens is 402 g/mol. The van der Waals surface area contributed by atoms with Crippen molar-refractivity contribution in [1.29, 1.82) is 0 Å². The van der Waals surface area contributed by atoms with E-state index in [-0.39, 0.29) is 29.9 Å². The fourth-order valence-electron chi connectivity index (χ4n) is 2.55. The Balaban J connectivity index is 1.38. The number of rotatable bonds is 9. The van der Waals surface area contributed by atoms with Gasteiger partial charge in [0.1, 0.15) is 11.6 Å². The first-order valence-electron chi connectivity index (χ1n) is 9.30. The molecule has 0 spiro atoms. The third-order valence-corrected chi connectivity index (χ3v) is 5.07. The lowest BCUT2D eigenvalue weighted by atomic mass is 10.2. The van der Waals surface area contributed by atoms with Gasteiger partial charge in [-0.2, -0.15) is 5.10 Å². The lowest BCUT2D eigenvalue weighted by Gasteiger charge is -2.06. The van der Waals surface area contributed by atoms with Gasteiger partial charge in [-0.3, -0.25) is 14.7 Å². The molecule has 30 heavy (non-hydrogen) atoms. The highest BCUT2D eigenvalue weighted by Gasteiger charge is 2.09. The van der Waals surface area contributed by atoms with Gasteiger partial charge in [0, 0.05) is 11.3 Å². The van der Waals surface area contributed by atoms with E-state index in [1.807, 2.05) is 55.5 Å². The first kappa shape index (κ1) is 21.4. The van der Waals surface area contributed by atoms with Gasteiger partial charge in [-0.1, -0.05) is 17.7 Å². The average Bonchev–Trinajstić information content (AvgIpc) is 3.23. The van der Waals surface area contributed by atoms with Gasteiger partial charge in [0.05, 0.1) is 25.2 Å². The predicted octanol–water partition coefficient (Wildman–Crippen LogP) is 2.78. The largest absolute Gasteiger partial charge is 0.497 e. The van der Waals surface area contributed by atoms with Crippen molar-refractivity contribution in [1.82, 2.24) is 20.5 Å². The Kier molecular flexibility index (Phi) is 7.45. The number of anilines is 1. The van der Waals surface area contributed by atoms with Crippen LogP contribution in [0.15, 0.2) is 48.5 Å². The van der Waals surface area contributed by atoms with Gasteiger partial charge in [-0.05, 0) is 43.3 Å². The lowest BCUT2D eigenvalue weighted by molar-refractivity contribution is -0.118. The van der Waals surface area contributed by atoms with Crippen LogP contribution < -0.4 is 15.4 Å². The molecular formula is C21H23N5O3S. The Morgan fingerprint density at radius 2 is 1.73 bits per heavy atom. The van der Waals surface area contributed by atoms with Crippen molar-refractivity contribution in [3.63, 3.8) is 0 Å². The van der Waals surface area contributed by atoms with Gasteiger partial charge in [-0.15, -0.1) is 11.8 Å². The molecule has 0 atom stereocenters. The minimum atomic E-state index is -0.175. The predicted molar refractivity (Wildman–Crippen MR) is 117 cm³/mol. The van der Waals surface area contributed by atoms with E-state index in [0.717, 1.165) is 22.6 Å². The summed E-state index contributed by atoms with van der Waals surface area (Å²) in [5, 5.41) is 12.5. The first-order chi connectivity index (χ1) is 14.5. The Hall–Kier alpha value is -3.33. The molecule has 3 rings (SSSR count). The molecule has 0 saturated carbocycles. The molecule has 9 heteroatoms. The van der Waals surface area contributed by atoms with Gasteiger partial charge in [0.2, 0.25) is 11.8 Å². The molecule has 2 amide bonds. The highest BCUT2D eigenvalue weighted by Crippen LogP contribution is 2.18. The monoisotopic (exact) mass is 425 g/mol. The maximum atomic E-state index is 12.0. The Labute approximate surface area is 178 Å². The van der Waals surface area contributed by atoms with Crippen LogP contribution in [-0.2, 0) is 16.1 Å². The minimum absolute atomic E-state index is 0.143. The number of amides is 2. The van der Waals surface area contributed by atoms with Crippen molar-refractivity contribution in [2.24, 2.45) is 0 Å². The zero-order valence-corrected chi connectivity index (χ0v) is 17.6. The summed E-state index contributed by atoms with van der Waals surface area (Å²) >= 11 is 1.25. The van der Waals surface area contributed by atoms with E-state index >= 15 is 0 Å².